The van der Waals surface area contributed by atoms with Crippen molar-refractivity contribution in [2.45, 2.75) is 13.0 Å². The van der Waals surface area contributed by atoms with Gasteiger partial charge in [0, 0.05) is 18.7 Å². The topological polar surface area (TPSA) is 105 Å². The number of nitrogens with zero attached hydrogens (tertiary/aromatic N) is 1. The molecule has 0 bridgehead atoms. The molecule has 0 aromatic heterocycles. The van der Waals surface area contributed by atoms with E-state index in [0.29, 0.717) is 36.6 Å². The highest BCUT2D eigenvalue weighted by atomic mass is 16.7. The second kappa shape index (κ2) is 7.22. The molecule has 2 aromatic rings. The fourth-order valence-corrected chi connectivity index (χ4v) is 3.31. The van der Waals surface area contributed by atoms with E-state index in [0.717, 1.165) is 11.1 Å². The first kappa shape index (κ1) is 17.8. The van der Waals surface area contributed by atoms with E-state index in [1.54, 1.807) is 41.3 Å². The highest BCUT2D eigenvalue weighted by molar-refractivity contribution is 5.97. The summed E-state index contributed by atoms with van der Waals surface area (Å²) in [4.78, 5) is 37.6. The lowest BCUT2D eigenvalue weighted by Gasteiger charge is -2.29. The molecule has 0 saturated carbocycles. The van der Waals surface area contributed by atoms with Crippen LogP contribution in [0.25, 0.3) is 0 Å². The van der Waals surface area contributed by atoms with Crippen molar-refractivity contribution in [2.75, 3.05) is 19.9 Å². The standard InChI is InChI=1S/C20H18N2O6/c23-18(9-21-19(24)13-3-4-16-17(8-13)28-11-27-16)22-6-5-12-1-2-14(20(25)26)7-15(12)10-22/h1-4,7-8H,5-6,9-11H2,(H,21,24)(H,25,26). The van der Waals surface area contributed by atoms with Crippen molar-refractivity contribution in [1.29, 1.82) is 0 Å². The first-order valence-electron chi connectivity index (χ1n) is 8.82. The van der Waals surface area contributed by atoms with Gasteiger partial charge in [0.1, 0.15) is 0 Å². The number of ether oxygens (including phenoxy) is 2. The number of benzene rings is 2. The highest BCUT2D eigenvalue weighted by Crippen LogP contribution is 2.32. The number of aromatic carboxylic acids is 1. The van der Waals surface area contributed by atoms with E-state index in [-0.39, 0.29) is 30.7 Å². The van der Waals surface area contributed by atoms with Crippen molar-refractivity contribution >= 4 is 17.8 Å². The number of carbonyl (C=O) groups excluding carboxylic acids is 2. The summed E-state index contributed by atoms with van der Waals surface area (Å²) in [6, 6.07) is 9.81. The van der Waals surface area contributed by atoms with Crippen molar-refractivity contribution in [3.05, 3.63) is 58.7 Å². The average Bonchev–Trinajstić information content (AvgIpc) is 3.18. The van der Waals surface area contributed by atoms with Crippen LogP contribution in [0.3, 0.4) is 0 Å². The summed E-state index contributed by atoms with van der Waals surface area (Å²) in [5.74, 6) is -0.513. The van der Waals surface area contributed by atoms with Gasteiger partial charge in [0.15, 0.2) is 11.5 Å². The summed E-state index contributed by atoms with van der Waals surface area (Å²) in [6.07, 6.45) is 0.650. The number of carbonyl (C=O) groups is 3. The van der Waals surface area contributed by atoms with E-state index in [2.05, 4.69) is 5.32 Å². The number of nitrogens with one attached hydrogen (secondary N) is 1. The lowest BCUT2D eigenvalue weighted by atomic mass is 9.97. The first-order valence-corrected chi connectivity index (χ1v) is 8.82. The molecule has 144 valence electrons. The molecule has 0 unspecified atom stereocenters. The minimum Gasteiger partial charge on any atom is -0.478 e. The van der Waals surface area contributed by atoms with Gasteiger partial charge in [0.25, 0.3) is 5.91 Å². The molecule has 8 heteroatoms. The van der Waals surface area contributed by atoms with Crippen LogP contribution in [0.4, 0.5) is 0 Å². The smallest absolute Gasteiger partial charge is 0.335 e. The third-order valence-corrected chi connectivity index (χ3v) is 4.85. The molecule has 0 aliphatic carbocycles. The van der Waals surface area contributed by atoms with Crippen LogP contribution in [0.2, 0.25) is 0 Å². The van der Waals surface area contributed by atoms with Gasteiger partial charge in [-0.3, -0.25) is 9.59 Å². The predicted molar refractivity (Wildman–Crippen MR) is 97.4 cm³/mol. The fraction of sp³-hybridized carbons (Fsp3) is 0.250. The molecule has 0 spiro atoms. The lowest BCUT2D eigenvalue weighted by Crippen LogP contribution is -2.42. The summed E-state index contributed by atoms with van der Waals surface area (Å²) < 4.78 is 10.5. The third kappa shape index (κ3) is 3.48. The molecule has 0 fully saturated rings. The number of carboxylic acid groups (broad SMARTS) is 1. The monoisotopic (exact) mass is 382 g/mol. The van der Waals surface area contributed by atoms with Crippen molar-refractivity contribution in [3.8, 4) is 11.5 Å². The Kier molecular flexibility index (Phi) is 4.60. The number of rotatable bonds is 4. The van der Waals surface area contributed by atoms with Crippen LogP contribution in [0.15, 0.2) is 36.4 Å². The van der Waals surface area contributed by atoms with Gasteiger partial charge in [-0.25, -0.2) is 4.79 Å². The van der Waals surface area contributed by atoms with Crippen LogP contribution in [0.1, 0.15) is 31.8 Å². The summed E-state index contributed by atoms with van der Waals surface area (Å²) in [6.45, 7) is 0.841. The quantitative estimate of drug-likeness (QED) is 0.829. The summed E-state index contributed by atoms with van der Waals surface area (Å²) in [5, 5.41) is 11.7. The molecule has 4 rings (SSSR count). The van der Waals surface area contributed by atoms with E-state index < -0.39 is 5.97 Å². The molecule has 28 heavy (non-hydrogen) atoms. The number of hydrogen-bond donors (Lipinski definition) is 2. The summed E-state index contributed by atoms with van der Waals surface area (Å²) in [5.41, 5.74) is 2.44. The normalized spacial score (nSPS) is 14.4. The molecule has 0 radical (unpaired) electrons. The van der Waals surface area contributed by atoms with Crippen molar-refractivity contribution < 1.29 is 29.0 Å². The van der Waals surface area contributed by atoms with Gasteiger partial charge in [-0.05, 0) is 47.9 Å². The number of carboxylic acids is 1. The Labute approximate surface area is 160 Å². The Morgan fingerprint density at radius 3 is 2.61 bits per heavy atom. The third-order valence-electron chi connectivity index (χ3n) is 4.85. The van der Waals surface area contributed by atoms with Gasteiger partial charge in [-0.1, -0.05) is 6.07 Å². The van der Waals surface area contributed by atoms with Crippen LogP contribution in [0, 0.1) is 0 Å². The SMILES string of the molecule is O=C(O)c1ccc2c(c1)CN(C(=O)CNC(=O)c1ccc3c(c1)OCO3)CC2. The second-order valence-electron chi connectivity index (χ2n) is 6.60. The number of amides is 2. The average molecular weight is 382 g/mol. The minimum atomic E-state index is -0.998. The zero-order valence-corrected chi connectivity index (χ0v) is 14.9. The van der Waals surface area contributed by atoms with Crippen LogP contribution in [-0.2, 0) is 17.8 Å². The Bertz CT molecular complexity index is 971. The van der Waals surface area contributed by atoms with Crippen molar-refractivity contribution in [2.24, 2.45) is 0 Å². The van der Waals surface area contributed by atoms with E-state index in [9.17, 15) is 14.4 Å². The molecule has 2 N–H and O–H groups in total. The van der Waals surface area contributed by atoms with Gasteiger partial charge in [-0.15, -0.1) is 0 Å². The molecule has 2 aliphatic rings. The first-order chi connectivity index (χ1) is 13.5. The zero-order chi connectivity index (χ0) is 19.7. The fourth-order valence-electron chi connectivity index (χ4n) is 3.31. The van der Waals surface area contributed by atoms with E-state index in [4.69, 9.17) is 14.6 Å². The Balaban J connectivity index is 1.37. The largest absolute Gasteiger partial charge is 0.478 e. The molecule has 2 heterocycles. The Morgan fingerprint density at radius 2 is 1.79 bits per heavy atom. The van der Waals surface area contributed by atoms with Crippen molar-refractivity contribution in [1.82, 2.24) is 10.2 Å². The van der Waals surface area contributed by atoms with Crippen LogP contribution >= 0.6 is 0 Å². The maximum absolute atomic E-state index is 12.5. The Morgan fingerprint density at radius 1 is 1.00 bits per heavy atom. The lowest BCUT2D eigenvalue weighted by molar-refractivity contribution is -0.131. The molecule has 2 amide bonds. The van der Waals surface area contributed by atoms with E-state index in [1.165, 1.54) is 0 Å². The predicted octanol–water partition coefficient (Wildman–Crippen LogP) is 1.43. The molecular formula is C20H18N2O6. The maximum atomic E-state index is 12.5. The molecule has 0 saturated heterocycles. The van der Waals surface area contributed by atoms with Gasteiger partial charge in [0.2, 0.25) is 12.7 Å². The molecule has 0 atom stereocenters. The van der Waals surface area contributed by atoms with Crippen LogP contribution < -0.4 is 14.8 Å². The van der Waals surface area contributed by atoms with Gasteiger partial charge in [0.05, 0.1) is 12.1 Å². The van der Waals surface area contributed by atoms with E-state index >= 15 is 0 Å². The number of fused-ring (bicyclic) bond motifs is 2. The van der Waals surface area contributed by atoms with Gasteiger partial charge < -0.3 is 24.8 Å². The van der Waals surface area contributed by atoms with Gasteiger partial charge >= 0.3 is 5.97 Å². The summed E-state index contributed by atoms with van der Waals surface area (Å²) >= 11 is 0. The van der Waals surface area contributed by atoms with Gasteiger partial charge in [-0.2, -0.15) is 0 Å². The highest BCUT2D eigenvalue weighted by Gasteiger charge is 2.22. The maximum Gasteiger partial charge on any atom is 0.335 e. The molecule has 2 aliphatic heterocycles. The second-order valence-corrected chi connectivity index (χ2v) is 6.60. The number of hydrogen-bond acceptors (Lipinski definition) is 5. The van der Waals surface area contributed by atoms with E-state index in [1.807, 2.05) is 0 Å². The molecule has 2 aromatic carbocycles. The Hall–Kier alpha value is -3.55. The zero-order valence-electron chi connectivity index (χ0n) is 14.9. The molecular weight excluding hydrogens is 364 g/mol. The summed E-state index contributed by atoms with van der Waals surface area (Å²) in [7, 11) is 0. The van der Waals surface area contributed by atoms with Crippen LogP contribution in [-0.4, -0.2) is 47.7 Å². The minimum absolute atomic E-state index is 0.124. The van der Waals surface area contributed by atoms with Crippen molar-refractivity contribution in [3.63, 3.8) is 0 Å². The molecule has 8 nitrogen and oxygen atoms in total. The van der Waals surface area contributed by atoms with Crippen LogP contribution in [0.5, 0.6) is 11.5 Å².